The summed E-state index contributed by atoms with van der Waals surface area (Å²) in [7, 11) is 0. The molecular weight excluding hydrogens is 264 g/mol. The average Bonchev–Trinajstić information content (AvgIpc) is 2.37. The molecule has 0 spiro atoms. The highest BCUT2D eigenvalue weighted by molar-refractivity contribution is 6.18. The van der Waals surface area contributed by atoms with Gasteiger partial charge in [-0.15, -0.1) is 11.6 Å². The van der Waals surface area contributed by atoms with Gasteiger partial charge in [0.1, 0.15) is 0 Å². The molecule has 0 aliphatic carbocycles. The maximum atomic E-state index is 11.9. The molecule has 0 saturated carbocycles. The SMILES string of the molecule is CC1(C)Cc2c(NCC(O)CCl)cccc2NC1=O. The maximum absolute atomic E-state index is 11.9. The van der Waals surface area contributed by atoms with Crippen LogP contribution in [0.4, 0.5) is 11.4 Å². The third-order valence-electron chi connectivity index (χ3n) is 3.36. The van der Waals surface area contributed by atoms with E-state index >= 15 is 0 Å². The van der Waals surface area contributed by atoms with Crippen LogP contribution in [0.1, 0.15) is 19.4 Å². The van der Waals surface area contributed by atoms with Crippen molar-refractivity contribution in [3.8, 4) is 0 Å². The van der Waals surface area contributed by atoms with Crippen LogP contribution in [-0.4, -0.2) is 29.5 Å². The Hall–Kier alpha value is -1.26. The van der Waals surface area contributed by atoms with E-state index in [9.17, 15) is 9.90 Å². The number of carbonyl (C=O) groups is 1. The van der Waals surface area contributed by atoms with Crippen molar-refractivity contribution in [1.29, 1.82) is 0 Å². The molecule has 1 atom stereocenters. The molecule has 5 heteroatoms. The highest BCUT2D eigenvalue weighted by atomic mass is 35.5. The Labute approximate surface area is 118 Å². The third-order valence-corrected chi connectivity index (χ3v) is 3.72. The van der Waals surface area contributed by atoms with E-state index in [4.69, 9.17) is 11.6 Å². The number of amides is 1. The molecule has 1 heterocycles. The predicted molar refractivity (Wildman–Crippen MR) is 77.8 cm³/mol. The van der Waals surface area contributed by atoms with E-state index in [1.165, 1.54) is 0 Å². The second-order valence-electron chi connectivity index (χ2n) is 5.54. The second-order valence-corrected chi connectivity index (χ2v) is 5.84. The van der Waals surface area contributed by atoms with Crippen LogP contribution in [0.3, 0.4) is 0 Å². The zero-order chi connectivity index (χ0) is 14.0. The summed E-state index contributed by atoms with van der Waals surface area (Å²) in [6.45, 7) is 4.25. The number of fused-ring (bicyclic) bond motifs is 1. The van der Waals surface area contributed by atoms with Crippen molar-refractivity contribution in [2.24, 2.45) is 5.41 Å². The smallest absolute Gasteiger partial charge is 0.230 e. The molecule has 4 nitrogen and oxygen atoms in total. The molecule has 1 aliphatic rings. The molecule has 104 valence electrons. The van der Waals surface area contributed by atoms with Crippen LogP contribution < -0.4 is 10.6 Å². The van der Waals surface area contributed by atoms with Gasteiger partial charge in [-0.2, -0.15) is 0 Å². The number of hydrogen-bond acceptors (Lipinski definition) is 3. The first-order valence-corrected chi connectivity index (χ1v) is 6.89. The Morgan fingerprint density at radius 2 is 2.26 bits per heavy atom. The number of nitrogens with one attached hydrogen (secondary N) is 2. The number of halogens is 1. The third kappa shape index (κ3) is 3.01. The second kappa shape index (κ2) is 5.39. The van der Waals surface area contributed by atoms with E-state index in [-0.39, 0.29) is 11.8 Å². The molecule has 1 aromatic carbocycles. The van der Waals surface area contributed by atoms with Gasteiger partial charge in [-0.05, 0) is 24.1 Å². The molecule has 0 fully saturated rings. The van der Waals surface area contributed by atoms with Gasteiger partial charge in [0.05, 0.1) is 12.0 Å². The van der Waals surface area contributed by atoms with E-state index in [0.717, 1.165) is 16.9 Å². The molecule has 2 rings (SSSR count). The fourth-order valence-electron chi connectivity index (χ4n) is 2.16. The monoisotopic (exact) mass is 282 g/mol. The Morgan fingerprint density at radius 3 is 2.95 bits per heavy atom. The molecule has 3 N–H and O–H groups in total. The van der Waals surface area contributed by atoms with Gasteiger partial charge >= 0.3 is 0 Å². The van der Waals surface area contributed by atoms with Crippen molar-refractivity contribution in [3.05, 3.63) is 23.8 Å². The highest BCUT2D eigenvalue weighted by Crippen LogP contribution is 2.37. The van der Waals surface area contributed by atoms with Crippen molar-refractivity contribution in [3.63, 3.8) is 0 Å². The fourth-order valence-corrected chi connectivity index (χ4v) is 2.27. The van der Waals surface area contributed by atoms with Crippen LogP contribution in [0.25, 0.3) is 0 Å². The number of rotatable bonds is 4. The van der Waals surface area contributed by atoms with E-state index in [1.54, 1.807) is 0 Å². The zero-order valence-electron chi connectivity index (χ0n) is 11.2. The topological polar surface area (TPSA) is 61.4 Å². The van der Waals surface area contributed by atoms with Crippen molar-refractivity contribution < 1.29 is 9.90 Å². The van der Waals surface area contributed by atoms with E-state index in [1.807, 2.05) is 32.0 Å². The van der Waals surface area contributed by atoms with E-state index < -0.39 is 11.5 Å². The predicted octanol–water partition coefficient (Wildman–Crippen LogP) is 2.22. The van der Waals surface area contributed by atoms with Gasteiger partial charge in [0.15, 0.2) is 0 Å². The summed E-state index contributed by atoms with van der Waals surface area (Å²) in [5.74, 6) is 0.238. The minimum Gasteiger partial charge on any atom is -0.390 e. The lowest BCUT2D eigenvalue weighted by atomic mass is 9.80. The van der Waals surface area contributed by atoms with Crippen molar-refractivity contribution >= 4 is 28.9 Å². The number of benzene rings is 1. The molecule has 19 heavy (non-hydrogen) atoms. The normalized spacial score (nSPS) is 18.4. The molecule has 1 unspecified atom stereocenters. The summed E-state index contributed by atoms with van der Waals surface area (Å²) in [5, 5.41) is 15.6. The lowest BCUT2D eigenvalue weighted by molar-refractivity contribution is -0.124. The van der Waals surface area contributed by atoms with E-state index in [0.29, 0.717) is 13.0 Å². The molecule has 0 bridgehead atoms. The Kier molecular flexibility index (Phi) is 4.02. The van der Waals surface area contributed by atoms with Crippen LogP contribution in [-0.2, 0) is 11.2 Å². The zero-order valence-corrected chi connectivity index (χ0v) is 11.9. The van der Waals surface area contributed by atoms with Crippen molar-refractivity contribution in [2.75, 3.05) is 23.1 Å². The minimum atomic E-state index is -0.580. The summed E-state index contributed by atoms with van der Waals surface area (Å²) in [6, 6.07) is 5.73. The quantitative estimate of drug-likeness (QED) is 0.742. The first kappa shape index (κ1) is 14.2. The van der Waals surface area contributed by atoms with Crippen LogP contribution in [0.5, 0.6) is 0 Å². The maximum Gasteiger partial charge on any atom is 0.230 e. The molecule has 1 aliphatic heterocycles. The highest BCUT2D eigenvalue weighted by Gasteiger charge is 2.34. The van der Waals surface area contributed by atoms with Crippen LogP contribution in [0.15, 0.2) is 18.2 Å². The van der Waals surface area contributed by atoms with Gasteiger partial charge in [-0.3, -0.25) is 4.79 Å². The number of aliphatic hydroxyl groups excluding tert-OH is 1. The summed E-state index contributed by atoms with van der Waals surface area (Å²) < 4.78 is 0. The van der Waals surface area contributed by atoms with Crippen LogP contribution >= 0.6 is 11.6 Å². The lowest BCUT2D eigenvalue weighted by Crippen LogP contribution is -2.37. The first-order valence-electron chi connectivity index (χ1n) is 6.35. The Balaban J connectivity index is 2.23. The van der Waals surface area contributed by atoms with Crippen LogP contribution in [0.2, 0.25) is 0 Å². The summed E-state index contributed by atoms with van der Waals surface area (Å²) >= 11 is 5.58. The largest absolute Gasteiger partial charge is 0.390 e. The summed E-state index contributed by atoms with van der Waals surface area (Å²) in [4.78, 5) is 11.9. The average molecular weight is 283 g/mol. The Bertz CT molecular complexity index is 488. The number of alkyl halides is 1. The van der Waals surface area contributed by atoms with Crippen molar-refractivity contribution in [2.45, 2.75) is 26.4 Å². The lowest BCUT2D eigenvalue weighted by Gasteiger charge is -2.32. The van der Waals surface area contributed by atoms with Gasteiger partial charge < -0.3 is 15.7 Å². The number of anilines is 2. The first-order chi connectivity index (χ1) is 8.94. The fraction of sp³-hybridized carbons (Fsp3) is 0.500. The molecule has 1 aromatic rings. The number of carbonyl (C=O) groups excluding carboxylic acids is 1. The number of aliphatic hydroxyl groups is 1. The molecule has 0 saturated heterocycles. The molecule has 1 amide bonds. The van der Waals surface area contributed by atoms with Gasteiger partial charge in [0, 0.05) is 23.3 Å². The Morgan fingerprint density at radius 1 is 1.53 bits per heavy atom. The summed E-state index contributed by atoms with van der Waals surface area (Å²) in [6.07, 6.45) is 0.0950. The molecule has 0 aromatic heterocycles. The van der Waals surface area contributed by atoms with Crippen LogP contribution in [0, 0.1) is 5.41 Å². The van der Waals surface area contributed by atoms with Crippen molar-refractivity contribution in [1.82, 2.24) is 0 Å². The summed E-state index contributed by atoms with van der Waals surface area (Å²) in [5.41, 5.74) is 2.44. The number of hydrogen-bond donors (Lipinski definition) is 3. The molecular formula is C14H19ClN2O2. The van der Waals surface area contributed by atoms with Gasteiger partial charge in [0.2, 0.25) is 5.91 Å². The van der Waals surface area contributed by atoms with Gasteiger partial charge in [0.25, 0.3) is 0 Å². The standard InChI is InChI=1S/C14H19ClN2O2/c1-14(2)6-10-11(16-8-9(18)7-15)4-3-5-12(10)17-13(14)19/h3-5,9,16,18H,6-8H2,1-2H3,(H,17,19). The van der Waals surface area contributed by atoms with Gasteiger partial charge in [-0.1, -0.05) is 19.9 Å². The molecule has 0 radical (unpaired) electrons. The minimum absolute atomic E-state index is 0.0398. The van der Waals surface area contributed by atoms with E-state index in [2.05, 4.69) is 10.6 Å². The van der Waals surface area contributed by atoms with Gasteiger partial charge in [-0.25, -0.2) is 0 Å².